The van der Waals surface area contributed by atoms with Crippen molar-refractivity contribution in [3.63, 3.8) is 0 Å². The van der Waals surface area contributed by atoms with Gasteiger partial charge in [0.25, 0.3) is 5.91 Å². The van der Waals surface area contributed by atoms with E-state index in [-0.39, 0.29) is 24.5 Å². The van der Waals surface area contributed by atoms with Crippen molar-refractivity contribution in [2.24, 2.45) is 0 Å². The van der Waals surface area contributed by atoms with Gasteiger partial charge in [0.2, 0.25) is 5.91 Å². The maximum Gasteiger partial charge on any atom is 0.256 e. The van der Waals surface area contributed by atoms with Gasteiger partial charge in [-0.15, -0.1) is 0 Å². The third-order valence-corrected chi connectivity index (χ3v) is 6.85. The molecule has 2 saturated heterocycles. The highest BCUT2D eigenvalue weighted by Gasteiger charge is 2.53. The Balaban J connectivity index is 1.57. The molecular weight excluding hydrogens is 415 g/mol. The molecule has 29 heavy (non-hydrogen) atoms. The molecule has 2 amide bonds. The molecule has 2 aliphatic heterocycles. The third-order valence-electron chi connectivity index (χ3n) is 6.11. The number of ether oxygens (including phenoxy) is 2. The Morgan fingerprint density at radius 3 is 2.62 bits per heavy atom. The van der Waals surface area contributed by atoms with Gasteiger partial charge >= 0.3 is 0 Å². The Hall–Kier alpha value is -1.34. The molecule has 2 atom stereocenters. The summed E-state index contributed by atoms with van der Waals surface area (Å²) in [6.07, 6.45) is 6.51. The van der Waals surface area contributed by atoms with Crippen molar-refractivity contribution < 1.29 is 19.1 Å². The van der Waals surface area contributed by atoms with Gasteiger partial charge in [-0.1, -0.05) is 29.6 Å². The van der Waals surface area contributed by atoms with Crippen LogP contribution in [0, 0.1) is 0 Å². The topological polar surface area (TPSA) is 67.9 Å². The molecule has 0 radical (unpaired) electrons. The zero-order chi connectivity index (χ0) is 20.4. The average Bonchev–Trinajstić information content (AvgIpc) is 3.37. The van der Waals surface area contributed by atoms with Crippen molar-refractivity contribution in [2.75, 3.05) is 19.8 Å². The summed E-state index contributed by atoms with van der Waals surface area (Å²) >= 11 is 12.1. The Kier molecular flexibility index (Phi) is 6.35. The molecule has 1 aromatic rings. The van der Waals surface area contributed by atoms with Crippen LogP contribution in [0.2, 0.25) is 10.0 Å². The number of halogens is 2. The highest BCUT2D eigenvalue weighted by molar-refractivity contribution is 6.42. The summed E-state index contributed by atoms with van der Waals surface area (Å²) in [6, 6.07) is 4.14. The zero-order valence-corrected chi connectivity index (χ0v) is 17.8. The molecule has 0 aromatic heterocycles. The van der Waals surface area contributed by atoms with E-state index < -0.39 is 11.8 Å². The van der Waals surface area contributed by atoms with E-state index in [1.54, 1.807) is 23.1 Å². The van der Waals surface area contributed by atoms with Gasteiger partial charge in [-0.3, -0.25) is 14.5 Å². The predicted octanol–water partition coefficient (Wildman–Crippen LogP) is 3.79. The van der Waals surface area contributed by atoms with Crippen molar-refractivity contribution in [1.82, 2.24) is 10.2 Å². The predicted molar refractivity (Wildman–Crippen MR) is 110 cm³/mol. The summed E-state index contributed by atoms with van der Waals surface area (Å²) in [5.74, 6) is -0.448. The van der Waals surface area contributed by atoms with E-state index in [4.69, 9.17) is 32.7 Å². The van der Waals surface area contributed by atoms with Crippen LogP contribution in [0.15, 0.2) is 18.2 Å². The van der Waals surface area contributed by atoms with Crippen molar-refractivity contribution in [3.05, 3.63) is 33.8 Å². The van der Waals surface area contributed by atoms with Crippen molar-refractivity contribution in [3.8, 4) is 0 Å². The smallest absolute Gasteiger partial charge is 0.256 e. The van der Waals surface area contributed by atoms with Gasteiger partial charge in [-0.25, -0.2) is 0 Å². The first-order chi connectivity index (χ1) is 14.0. The van der Waals surface area contributed by atoms with Crippen LogP contribution < -0.4 is 5.32 Å². The number of carbonyl (C=O) groups is 2. The first-order valence-electron chi connectivity index (χ1n) is 10.3. The normalized spacial score (nSPS) is 26.1. The second-order valence-electron chi connectivity index (χ2n) is 8.02. The van der Waals surface area contributed by atoms with Crippen molar-refractivity contribution >= 4 is 35.0 Å². The fourth-order valence-corrected chi connectivity index (χ4v) is 4.88. The second-order valence-corrected chi connectivity index (χ2v) is 8.83. The van der Waals surface area contributed by atoms with Crippen molar-refractivity contribution in [2.45, 2.75) is 62.8 Å². The molecule has 1 aliphatic carbocycles. The van der Waals surface area contributed by atoms with E-state index in [9.17, 15) is 9.59 Å². The summed E-state index contributed by atoms with van der Waals surface area (Å²) in [4.78, 5) is 28.2. The number of hydrogen-bond donors (Lipinski definition) is 1. The highest BCUT2D eigenvalue weighted by atomic mass is 35.5. The minimum atomic E-state index is -0.729. The maximum atomic E-state index is 13.5. The molecule has 3 aliphatic rings. The van der Waals surface area contributed by atoms with Gasteiger partial charge in [0.1, 0.15) is 11.8 Å². The molecule has 1 saturated carbocycles. The summed E-state index contributed by atoms with van der Waals surface area (Å²) in [5, 5.41) is 3.66. The van der Waals surface area contributed by atoms with Gasteiger partial charge in [-0.2, -0.15) is 0 Å². The van der Waals surface area contributed by atoms with Crippen LogP contribution in [0.5, 0.6) is 0 Å². The molecule has 1 N–H and O–H groups in total. The SMILES string of the molecule is O=C(NC[C@@H]1CCCO1)[C@@H]1COC2(CCCCC2)N1C(=O)c1ccc(Cl)c(Cl)c1. The van der Waals surface area contributed by atoms with Crippen molar-refractivity contribution in [1.29, 1.82) is 0 Å². The summed E-state index contributed by atoms with van der Waals surface area (Å²) < 4.78 is 11.7. The van der Waals surface area contributed by atoms with Crippen LogP contribution >= 0.6 is 23.2 Å². The molecule has 8 heteroatoms. The van der Waals surface area contributed by atoms with Gasteiger partial charge in [0.15, 0.2) is 0 Å². The van der Waals surface area contributed by atoms with Gasteiger partial charge < -0.3 is 14.8 Å². The lowest BCUT2D eigenvalue weighted by atomic mass is 9.89. The zero-order valence-electron chi connectivity index (χ0n) is 16.3. The van der Waals surface area contributed by atoms with E-state index >= 15 is 0 Å². The van der Waals surface area contributed by atoms with Crippen LogP contribution in [-0.4, -0.2) is 54.3 Å². The standard InChI is InChI=1S/C21H26Cl2N2O4/c22-16-7-6-14(11-17(16)23)20(27)25-18(13-29-21(25)8-2-1-3-9-21)19(26)24-12-15-5-4-10-28-15/h6-7,11,15,18H,1-5,8-10,12-13H2,(H,24,26)/t15-,18-/m0/s1. The minimum Gasteiger partial charge on any atom is -0.376 e. The minimum absolute atomic E-state index is 0.0455. The Labute approximate surface area is 180 Å². The molecule has 0 unspecified atom stereocenters. The molecule has 3 fully saturated rings. The highest BCUT2D eigenvalue weighted by Crippen LogP contribution is 2.41. The lowest BCUT2D eigenvalue weighted by molar-refractivity contribution is -0.127. The monoisotopic (exact) mass is 440 g/mol. The fourth-order valence-electron chi connectivity index (χ4n) is 4.58. The van der Waals surface area contributed by atoms with Gasteiger partial charge in [-0.05, 0) is 56.7 Å². The van der Waals surface area contributed by atoms with Crippen LogP contribution in [0.1, 0.15) is 55.3 Å². The number of rotatable bonds is 4. The van der Waals surface area contributed by atoms with E-state index in [1.165, 1.54) is 0 Å². The Bertz CT molecular complexity index is 776. The molecule has 1 spiro atoms. The third kappa shape index (κ3) is 4.26. The fraction of sp³-hybridized carbons (Fsp3) is 0.619. The average molecular weight is 441 g/mol. The van der Waals surface area contributed by atoms with E-state index in [2.05, 4.69) is 5.32 Å². The van der Waals surface area contributed by atoms with Crippen LogP contribution in [0.3, 0.4) is 0 Å². The molecule has 2 heterocycles. The Morgan fingerprint density at radius 1 is 1.14 bits per heavy atom. The second kappa shape index (κ2) is 8.80. The first kappa shape index (κ1) is 20.9. The number of nitrogens with one attached hydrogen (secondary N) is 1. The molecular formula is C21H26Cl2N2O4. The Morgan fingerprint density at radius 2 is 1.93 bits per heavy atom. The lowest BCUT2D eigenvalue weighted by Crippen LogP contribution is -2.56. The largest absolute Gasteiger partial charge is 0.376 e. The molecule has 0 bridgehead atoms. The van der Waals surface area contributed by atoms with E-state index in [0.717, 1.165) is 51.6 Å². The number of amides is 2. The van der Waals surface area contributed by atoms with Crippen LogP contribution in [-0.2, 0) is 14.3 Å². The lowest BCUT2D eigenvalue weighted by Gasteiger charge is -2.41. The first-order valence-corrected chi connectivity index (χ1v) is 11.1. The van der Waals surface area contributed by atoms with E-state index in [0.29, 0.717) is 22.2 Å². The summed E-state index contributed by atoms with van der Waals surface area (Å²) in [5.41, 5.74) is -0.320. The molecule has 1 aromatic carbocycles. The quantitative estimate of drug-likeness (QED) is 0.772. The molecule has 158 valence electrons. The van der Waals surface area contributed by atoms with Crippen LogP contribution in [0.25, 0.3) is 0 Å². The molecule has 4 rings (SSSR count). The number of nitrogens with zero attached hydrogens (tertiary/aromatic N) is 1. The number of benzene rings is 1. The summed E-state index contributed by atoms with van der Waals surface area (Å²) in [6.45, 7) is 1.39. The van der Waals surface area contributed by atoms with Crippen LogP contribution in [0.4, 0.5) is 0 Å². The van der Waals surface area contributed by atoms with Gasteiger partial charge in [0.05, 0.1) is 22.8 Å². The maximum absolute atomic E-state index is 13.5. The number of hydrogen-bond acceptors (Lipinski definition) is 4. The van der Waals surface area contributed by atoms with Gasteiger partial charge in [0, 0.05) is 18.7 Å². The summed E-state index contributed by atoms with van der Waals surface area (Å²) in [7, 11) is 0. The number of carbonyl (C=O) groups excluding carboxylic acids is 2. The molecule has 6 nitrogen and oxygen atoms in total. The van der Waals surface area contributed by atoms with E-state index in [1.807, 2.05) is 0 Å².